The van der Waals surface area contributed by atoms with Gasteiger partial charge in [-0.3, -0.25) is 4.79 Å². The van der Waals surface area contributed by atoms with Crippen molar-refractivity contribution in [2.24, 2.45) is 0 Å². The van der Waals surface area contributed by atoms with E-state index in [1.807, 2.05) is 0 Å². The Labute approximate surface area is 120 Å². The molecule has 0 fully saturated rings. The Kier molecular flexibility index (Phi) is 4.52. The average molecular weight is 292 g/mol. The summed E-state index contributed by atoms with van der Waals surface area (Å²) in [6.45, 7) is 1.74. The highest BCUT2D eigenvalue weighted by Gasteiger charge is 2.13. The monoisotopic (exact) mass is 292 g/mol. The minimum absolute atomic E-state index is 0.107. The van der Waals surface area contributed by atoms with Crippen molar-refractivity contribution < 1.29 is 23.4 Å². The molecule has 0 saturated heterocycles. The molecule has 0 amide bonds. The van der Waals surface area contributed by atoms with E-state index in [2.05, 4.69) is 0 Å². The Morgan fingerprint density at radius 1 is 1.14 bits per heavy atom. The molecule has 5 heteroatoms. The van der Waals surface area contributed by atoms with Crippen LogP contribution in [0.4, 0.5) is 8.78 Å². The minimum Gasteiger partial charge on any atom is -0.489 e. The summed E-state index contributed by atoms with van der Waals surface area (Å²) in [4.78, 5) is 10.9. The Bertz CT molecular complexity index is 618. The molecule has 0 spiro atoms. The zero-order valence-electron chi connectivity index (χ0n) is 11.3. The highest BCUT2D eigenvalue weighted by molar-refractivity contribution is 5.75. The lowest BCUT2D eigenvalue weighted by Gasteiger charge is -2.09. The van der Waals surface area contributed by atoms with Gasteiger partial charge in [-0.2, -0.15) is 0 Å². The van der Waals surface area contributed by atoms with Gasteiger partial charge in [0.1, 0.15) is 24.0 Å². The van der Waals surface area contributed by atoms with Gasteiger partial charge in [-0.25, -0.2) is 8.78 Å². The first-order valence-corrected chi connectivity index (χ1v) is 6.36. The van der Waals surface area contributed by atoms with Gasteiger partial charge in [0.15, 0.2) is 0 Å². The van der Waals surface area contributed by atoms with E-state index in [4.69, 9.17) is 9.84 Å². The van der Waals surface area contributed by atoms with Crippen molar-refractivity contribution in [1.82, 2.24) is 0 Å². The van der Waals surface area contributed by atoms with E-state index in [0.29, 0.717) is 5.56 Å². The molecule has 0 radical (unpaired) electrons. The molecule has 1 N–H and O–H groups in total. The predicted octanol–water partition coefficient (Wildman–Crippen LogP) is 3.73. The summed E-state index contributed by atoms with van der Waals surface area (Å²) in [5, 5.41) is 8.91. The van der Waals surface area contributed by atoms with Crippen LogP contribution < -0.4 is 4.74 Å². The van der Waals surface area contributed by atoms with Crippen LogP contribution in [0, 0.1) is 11.6 Å². The molecule has 0 aliphatic carbocycles. The average Bonchev–Trinajstić information content (AvgIpc) is 2.44. The van der Waals surface area contributed by atoms with E-state index in [9.17, 15) is 13.6 Å². The Balaban J connectivity index is 2.02. The highest BCUT2D eigenvalue weighted by Crippen LogP contribution is 2.19. The Hall–Kier alpha value is -2.43. The fourth-order valence-electron chi connectivity index (χ4n) is 1.82. The summed E-state index contributed by atoms with van der Waals surface area (Å²) in [7, 11) is 0. The Morgan fingerprint density at radius 2 is 1.71 bits per heavy atom. The zero-order valence-corrected chi connectivity index (χ0v) is 11.3. The molecule has 110 valence electrons. The number of aliphatic carboxylic acids is 1. The fraction of sp³-hybridized carbons (Fsp3) is 0.188. The molecular formula is C16H14F2O3. The molecule has 0 bridgehead atoms. The van der Waals surface area contributed by atoms with Crippen molar-refractivity contribution in [2.75, 3.05) is 0 Å². The van der Waals surface area contributed by atoms with Gasteiger partial charge in [-0.05, 0) is 18.1 Å². The SMILES string of the molecule is CC(C(=O)O)c1ccc(COc2cc(F)cc(F)c2)cc1. The van der Waals surface area contributed by atoms with Crippen LogP contribution >= 0.6 is 0 Å². The maximum atomic E-state index is 13.0. The number of hydrogen-bond acceptors (Lipinski definition) is 2. The number of rotatable bonds is 5. The number of hydrogen-bond donors (Lipinski definition) is 1. The first kappa shape index (κ1) is 15.0. The second kappa shape index (κ2) is 6.35. The quantitative estimate of drug-likeness (QED) is 0.913. The maximum Gasteiger partial charge on any atom is 0.310 e. The number of carboxylic acid groups (broad SMARTS) is 1. The molecule has 21 heavy (non-hydrogen) atoms. The minimum atomic E-state index is -0.894. The van der Waals surface area contributed by atoms with Crippen molar-refractivity contribution >= 4 is 5.97 Å². The molecule has 2 rings (SSSR count). The number of ether oxygens (including phenoxy) is 1. The predicted molar refractivity (Wildman–Crippen MR) is 73.2 cm³/mol. The van der Waals surface area contributed by atoms with Crippen LogP contribution in [0.15, 0.2) is 42.5 Å². The zero-order chi connectivity index (χ0) is 15.4. The van der Waals surface area contributed by atoms with Crippen LogP contribution in [-0.4, -0.2) is 11.1 Å². The molecule has 1 atom stereocenters. The first-order valence-electron chi connectivity index (χ1n) is 6.36. The molecule has 0 aliphatic rings. The van der Waals surface area contributed by atoms with E-state index >= 15 is 0 Å². The molecule has 0 aliphatic heterocycles. The van der Waals surface area contributed by atoms with Crippen LogP contribution in [0.1, 0.15) is 24.0 Å². The van der Waals surface area contributed by atoms with Gasteiger partial charge in [-0.15, -0.1) is 0 Å². The van der Waals surface area contributed by atoms with Crippen molar-refractivity contribution in [2.45, 2.75) is 19.4 Å². The topological polar surface area (TPSA) is 46.5 Å². The number of halogens is 2. The maximum absolute atomic E-state index is 13.0. The summed E-state index contributed by atoms with van der Waals surface area (Å²) in [5.74, 6) is -2.77. The Morgan fingerprint density at radius 3 is 2.24 bits per heavy atom. The van der Waals surface area contributed by atoms with Crippen molar-refractivity contribution in [1.29, 1.82) is 0 Å². The molecule has 3 nitrogen and oxygen atoms in total. The van der Waals surface area contributed by atoms with Gasteiger partial charge in [-0.1, -0.05) is 24.3 Å². The lowest BCUT2D eigenvalue weighted by atomic mass is 10.0. The lowest BCUT2D eigenvalue weighted by Crippen LogP contribution is -2.07. The third kappa shape index (κ3) is 4.02. The van der Waals surface area contributed by atoms with Gasteiger partial charge in [0.25, 0.3) is 0 Å². The summed E-state index contributed by atoms with van der Waals surface area (Å²) in [6, 6.07) is 9.82. The summed E-state index contributed by atoms with van der Waals surface area (Å²) in [5.41, 5.74) is 1.46. The third-order valence-corrected chi connectivity index (χ3v) is 3.09. The van der Waals surface area contributed by atoms with E-state index in [1.165, 1.54) is 0 Å². The van der Waals surface area contributed by atoms with Crippen LogP contribution in [-0.2, 0) is 11.4 Å². The van der Waals surface area contributed by atoms with Crippen LogP contribution in [0.3, 0.4) is 0 Å². The van der Waals surface area contributed by atoms with Gasteiger partial charge in [0.05, 0.1) is 5.92 Å². The van der Waals surface area contributed by atoms with E-state index in [1.54, 1.807) is 31.2 Å². The second-order valence-corrected chi connectivity index (χ2v) is 4.70. The molecule has 0 aromatic heterocycles. The normalized spacial score (nSPS) is 12.0. The van der Waals surface area contributed by atoms with Crippen LogP contribution in [0.25, 0.3) is 0 Å². The molecule has 0 saturated carbocycles. The number of benzene rings is 2. The van der Waals surface area contributed by atoms with Crippen molar-refractivity contribution in [3.8, 4) is 5.75 Å². The second-order valence-electron chi connectivity index (χ2n) is 4.70. The van der Waals surface area contributed by atoms with Gasteiger partial charge in [0.2, 0.25) is 0 Å². The van der Waals surface area contributed by atoms with E-state index in [-0.39, 0.29) is 12.4 Å². The third-order valence-electron chi connectivity index (χ3n) is 3.09. The largest absolute Gasteiger partial charge is 0.489 e. The van der Waals surface area contributed by atoms with Crippen LogP contribution in [0.5, 0.6) is 5.75 Å². The summed E-state index contributed by atoms with van der Waals surface area (Å²) < 4.78 is 31.3. The standard InChI is InChI=1S/C16H14F2O3/c1-10(16(19)20)12-4-2-11(3-5-12)9-21-15-7-13(17)6-14(18)8-15/h2-8,10H,9H2,1H3,(H,19,20). The van der Waals surface area contributed by atoms with Gasteiger partial charge < -0.3 is 9.84 Å². The fourth-order valence-corrected chi connectivity index (χ4v) is 1.82. The summed E-state index contributed by atoms with van der Waals surface area (Å²) in [6.07, 6.45) is 0. The van der Waals surface area contributed by atoms with E-state index in [0.717, 1.165) is 23.8 Å². The number of carboxylic acids is 1. The molecule has 0 heterocycles. The van der Waals surface area contributed by atoms with Crippen molar-refractivity contribution in [3.63, 3.8) is 0 Å². The molecule has 2 aromatic rings. The lowest BCUT2D eigenvalue weighted by molar-refractivity contribution is -0.138. The number of carbonyl (C=O) groups is 1. The molecular weight excluding hydrogens is 278 g/mol. The van der Waals surface area contributed by atoms with E-state index < -0.39 is 23.5 Å². The molecule has 1 unspecified atom stereocenters. The summed E-state index contributed by atoms with van der Waals surface area (Å²) >= 11 is 0. The first-order chi connectivity index (χ1) is 9.95. The van der Waals surface area contributed by atoms with Crippen molar-refractivity contribution in [3.05, 3.63) is 65.2 Å². The van der Waals surface area contributed by atoms with Crippen LogP contribution in [0.2, 0.25) is 0 Å². The van der Waals surface area contributed by atoms with Gasteiger partial charge in [0, 0.05) is 18.2 Å². The van der Waals surface area contributed by atoms with Gasteiger partial charge >= 0.3 is 5.97 Å². The smallest absolute Gasteiger partial charge is 0.310 e. The molecule has 2 aromatic carbocycles. The highest BCUT2D eigenvalue weighted by atomic mass is 19.1.